The summed E-state index contributed by atoms with van der Waals surface area (Å²) >= 11 is 0. The molecule has 1 saturated heterocycles. The Morgan fingerprint density at radius 1 is 1.39 bits per heavy atom. The number of ether oxygens (including phenoxy) is 1. The molecule has 1 unspecified atom stereocenters. The fraction of sp³-hybridized carbons (Fsp3) is 0.769. The molecular formula is C13H21NO4. The molecule has 0 amide bonds. The van der Waals surface area contributed by atoms with E-state index in [0.717, 1.165) is 0 Å². The van der Waals surface area contributed by atoms with Crippen LogP contribution in [0.4, 0.5) is 0 Å². The van der Waals surface area contributed by atoms with Gasteiger partial charge in [-0.3, -0.25) is 19.3 Å². The molecule has 0 aromatic rings. The molecule has 0 spiro atoms. The van der Waals surface area contributed by atoms with Crippen molar-refractivity contribution in [1.29, 1.82) is 0 Å². The predicted molar refractivity (Wildman–Crippen MR) is 66.1 cm³/mol. The van der Waals surface area contributed by atoms with Crippen molar-refractivity contribution in [1.82, 2.24) is 4.90 Å². The van der Waals surface area contributed by atoms with Gasteiger partial charge in [0, 0.05) is 31.8 Å². The highest BCUT2D eigenvalue weighted by atomic mass is 16.5. The smallest absolute Gasteiger partial charge is 0.306 e. The first kappa shape index (κ1) is 14.8. The van der Waals surface area contributed by atoms with Crippen LogP contribution in [0, 0.1) is 5.92 Å². The van der Waals surface area contributed by atoms with E-state index >= 15 is 0 Å². The molecule has 1 rings (SSSR count). The lowest BCUT2D eigenvalue weighted by Crippen LogP contribution is -2.42. The maximum Gasteiger partial charge on any atom is 0.306 e. The van der Waals surface area contributed by atoms with Gasteiger partial charge in [-0.25, -0.2) is 0 Å². The topological polar surface area (TPSA) is 63.7 Å². The molecule has 5 nitrogen and oxygen atoms in total. The molecule has 18 heavy (non-hydrogen) atoms. The normalized spacial score (nSPS) is 20.8. The Morgan fingerprint density at radius 2 is 2.11 bits per heavy atom. The van der Waals surface area contributed by atoms with Gasteiger partial charge in [0.2, 0.25) is 0 Å². The van der Waals surface area contributed by atoms with Crippen LogP contribution in [0.25, 0.3) is 0 Å². The third-order valence-electron chi connectivity index (χ3n) is 3.07. The Hall–Kier alpha value is -1.23. The fourth-order valence-electron chi connectivity index (χ4n) is 2.04. The number of carbonyl (C=O) groups is 3. The fourth-order valence-corrected chi connectivity index (χ4v) is 2.04. The minimum Gasteiger partial charge on any atom is -0.466 e. The van der Waals surface area contributed by atoms with Crippen LogP contribution < -0.4 is 0 Å². The molecule has 0 aliphatic carbocycles. The Morgan fingerprint density at radius 3 is 2.72 bits per heavy atom. The van der Waals surface area contributed by atoms with E-state index in [2.05, 4.69) is 0 Å². The molecule has 102 valence electrons. The largest absolute Gasteiger partial charge is 0.466 e. The molecule has 5 heteroatoms. The van der Waals surface area contributed by atoms with Crippen LogP contribution in [0.2, 0.25) is 0 Å². The van der Waals surface area contributed by atoms with Gasteiger partial charge < -0.3 is 4.74 Å². The molecule has 1 atom stereocenters. The third kappa shape index (κ3) is 4.96. The van der Waals surface area contributed by atoms with Gasteiger partial charge >= 0.3 is 5.97 Å². The second kappa shape index (κ2) is 7.26. The van der Waals surface area contributed by atoms with Crippen LogP contribution in [0.1, 0.15) is 33.1 Å². The molecule has 1 aliphatic heterocycles. The molecule has 0 saturated carbocycles. The van der Waals surface area contributed by atoms with Gasteiger partial charge in [-0.1, -0.05) is 6.92 Å². The number of hydrogen-bond acceptors (Lipinski definition) is 5. The lowest BCUT2D eigenvalue weighted by Gasteiger charge is -2.29. The number of piperidine rings is 1. The summed E-state index contributed by atoms with van der Waals surface area (Å²) in [7, 11) is 0. The van der Waals surface area contributed by atoms with Gasteiger partial charge in [-0.15, -0.1) is 0 Å². The van der Waals surface area contributed by atoms with Crippen LogP contribution in [0.3, 0.4) is 0 Å². The Balaban J connectivity index is 2.24. The molecule has 0 aromatic carbocycles. The van der Waals surface area contributed by atoms with E-state index in [0.29, 0.717) is 32.7 Å². The maximum absolute atomic E-state index is 11.7. The van der Waals surface area contributed by atoms with Crippen LogP contribution >= 0.6 is 0 Å². The Kier molecular flexibility index (Phi) is 5.98. The summed E-state index contributed by atoms with van der Waals surface area (Å²) in [6.45, 7) is 5.59. The van der Waals surface area contributed by atoms with Crippen molar-refractivity contribution < 1.29 is 19.1 Å². The summed E-state index contributed by atoms with van der Waals surface area (Å²) in [5.41, 5.74) is 0. The van der Waals surface area contributed by atoms with Gasteiger partial charge in [0.15, 0.2) is 0 Å². The first-order chi connectivity index (χ1) is 8.52. The molecule has 1 fully saturated rings. The molecule has 0 aromatic heterocycles. The van der Waals surface area contributed by atoms with Crippen molar-refractivity contribution in [3.05, 3.63) is 0 Å². The van der Waals surface area contributed by atoms with Crippen LogP contribution in [0.15, 0.2) is 0 Å². The number of ketones is 2. The quantitative estimate of drug-likeness (QED) is 0.657. The standard InChI is InChI=1S/C13H21NO4/c1-3-18-13(17)5-4-11(15)9-14-7-6-12(16)10(2)8-14/h10H,3-9H2,1-2H3. The maximum atomic E-state index is 11.7. The highest BCUT2D eigenvalue weighted by Gasteiger charge is 2.24. The molecule has 1 aliphatic rings. The number of nitrogens with zero attached hydrogens (tertiary/aromatic N) is 1. The van der Waals surface area contributed by atoms with Gasteiger partial charge in [0.1, 0.15) is 11.6 Å². The molecule has 0 N–H and O–H groups in total. The number of esters is 1. The van der Waals surface area contributed by atoms with Gasteiger partial charge in [-0.05, 0) is 6.92 Å². The molecule has 1 heterocycles. The van der Waals surface area contributed by atoms with Crippen LogP contribution in [0.5, 0.6) is 0 Å². The molecular weight excluding hydrogens is 234 g/mol. The zero-order chi connectivity index (χ0) is 13.5. The summed E-state index contributed by atoms with van der Waals surface area (Å²) in [6, 6.07) is 0. The summed E-state index contributed by atoms with van der Waals surface area (Å²) < 4.78 is 4.76. The van der Waals surface area contributed by atoms with Crippen molar-refractivity contribution in [2.75, 3.05) is 26.2 Å². The minimum absolute atomic E-state index is 0.0107. The number of rotatable bonds is 6. The highest BCUT2D eigenvalue weighted by Crippen LogP contribution is 2.12. The number of Topliss-reactive ketones (excluding diaryl/α,β-unsaturated/α-hetero) is 2. The average Bonchev–Trinajstić information content (AvgIpc) is 2.32. The molecule has 0 radical (unpaired) electrons. The van der Waals surface area contributed by atoms with Crippen molar-refractivity contribution in [2.24, 2.45) is 5.92 Å². The second-order valence-corrected chi connectivity index (χ2v) is 4.70. The summed E-state index contributed by atoms with van der Waals surface area (Å²) in [5, 5.41) is 0. The van der Waals surface area contributed by atoms with E-state index in [1.807, 2.05) is 11.8 Å². The number of likely N-dealkylation sites (tertiary alicyclic amines) is 1. The lowest BCUT2D eigenvalue weighted by molar-refractivity contribution is -0.144. The van der Waals surface area contributed by atoms with E-state index in [1.54, 1.807) is 6.92 Å². The van der Waals surface area contributed by atoms with Crippen molar-refractivity contribution in [2.45, 2.75) is 33.1 Å². The molecule has 0 bridgehead atoms. The lowest BCUT2D eigenvalue weighted by atomic mass is 9.98. The van der Waals surface area contributed by atoms with Crippen LogP contribution in [-0.2, 0) is 19.1 Å². The van der Waals surface area contributed by atoms with E-state index in [1.165, 1.54) is 0 Å². The van der Waals surface area contributed by atoms with Gasteiger partial charge in [0.25, 0.3) is 0 Å². The zero-order valence-corrected chi connectivity index (χ0v) is 11.1. The second-order valence-electron chi connectivity index (χ2n) is 4.70. The van der Waals surface area contributed by atoms with E-state index < -0.39 is 0 Å². The van der Waals surface area contributed by atoms with Crippen molar-refractivity contribution in [3.63, 3.8) is 0 Å². The summed E-state index contributed by atoms with van der Waals surface area (Å²) in [6.07, 6.45) is 0.888. The van der Waals surface area contributed by atoms with Crippen LogP contribution in [-0.4, -0.2) is 48.7 Å². The Bertz CT molecular complexity index is 327. The SMILES string of the molecule is CCOC(=O)CCC(=O)CN1CCC(=O)C(C)C1. The first-order valence-electron chi connectivity index (χ1n) is 6.45. The number of hydrogen-bond donors (Lipinski definition) is 0. The van der Waals surface area contributed by atoms with E-state index in [4.69, 9.17) is 4.74 Å². The van der Waals surface area contributed by atoms with Gasteiger partial charge in [-0.2, -0.15) is 0 Å². The van der Waals surface area contributed by atoms with Crippen molar-refractivity contribution in [3.8, 4) is 0 Å². The monoisotopic (exact) mass is 255 g/mol. The minimum atomic E-state index is -0.326. The third-order valence-corrected chi connectivity index (χ3v) is 3.07. The highest BCUT2D eigenvalue weighted by molar-refractivity contribution is 5.85. The number of carbonyl (C=O) groups excluding carboxylic acids is 3. The zero-order valence-electron chi connectivity index (χ0n) is 11.1. The van der Waals surface area contributed by atoms with Gasteiger partial charge in [0.05, 0.1) is 19.6 Å². The van der Waals surface area contributed by atoms with Crippen molar-refractivity contribution >= 4 is 17.5 Å². The summed E-state index contributed by atoms with van der Waals surface area (Å²) in [4.78, 5) is 36.1. The van der Waals surface area contributed by atoms with E-state index in [-0.39, 0.29) is 36.3 Å². The average molecular weight is 255 g/mol. The van der Waals surface area contributed by atoms with E-state index in [9.17, 15) is 14.4 Å². The summed E-state index contributed by atoms with van der Waals surface area (Å²) in [5.74, 6) is -0.0144. The Labute approximate surface area is 107 Å². The predicted octanol–water partition coefficient (Wildman–Crippen LogP) is 0.810. The first-order valence-corrected chi connectivity index (χ1v) is 6.45.